The molecular weight excluding hydrogens is 421 g/mol. The van der Waals surface area contributed by atoms with Gasteiger partial charge in [-0.3, -0.25) is 4.79 Å². The summed E-state index contributed by atoms with van der Waals surface area (Å²) in [6.45, 7) is 1.51. The van der Waals surface area contributed by atoms with E-state index in [1.807, 2.05) is 0 Å². The third-order valence-corrected chi connectivity index (χ3v) is 5.67. The average Bonchev–Trinajstić information content (AvgIpc) is 2.56. The first kappa shape index (κ1) is 21.6. The Morgan fingerprint density at radius 3 is 2.44 bits per heavy atom. The van der Waals surface area contributed by atoms with Gasteiger partial charge in [0.1, 0.15) is 0 Å². The van der Waals surface area contributed by atoms with Crippen molar-refractivity contribution in [2.45, 2.75) is 24.3 Å². The van der Waals surface area contributed by atoms with Crippen LogP contribution in [0.3, 0.4) is 0 Å². The molecule has 0 bridgehead atoms. The SMILES string of the molecule is CC(NC(=O)CCNS(=O)(=O)c1ccc(F)c(F)c1)c1ccc(Cl)cc1Cl. The van der Waals surface area contributed by atoms with Crippen LogP contribution in [0.1, 0.15) is 24.9 Å². The number of halogens is 4. The molecular formula is C17H16Cl2F2N2O3S. The Bertz CT molecular complexity index is 955. The van der Waals surface area contributed by atoms with Crippen LogP contribution >= 0.6 is 23.2 Å². The normalized spacial score (nSPS) is 12.6. The number of hydrogen-bond donors (Lipinski definition) is 2. The van der Waals surface area contributed by atoms with E-state index in [1.165, 1.54) is 0 Å². The van der Waals surface area contributed by atoms with Crippen molar-refractivity contribution in [3.05, 3.63) is 63.6 Å². The minimum absolute atomic E-state index is 0.154. The molecule has 0 aliphatic rings. The van der Waals surface area contributed by atoms with Gasteiger partial charge in [-0.25, -0.2) is 21.9 Å². The second-order valence-corrected chi connectivity index (χ2v) is 8.29. The van der Waals surface area contributed by atoms with E-state index in [2.05, 4.69) is 10.0 Å². The van der Waals surface area contributed by atoms with Gasteiger partial charge in [-0.1, -0.05) is 29.3 Å². The van der Waals surface area contributed by atoms with Crippen LogP contribution in [0.2, 0.25) is 10.0 Å². The summed E-state index contributed by atoms with van der Waals surface area (Å²) in [5, 5.41) is 3.55. The van der Waals surface area contributed by atoms with Gasteiger partial charge >= 0.3 is 0 Å². The summed E-state index contributed by atoms with van der Waals surface area (Å²) in [5.41, 5.74) is 0.664. The lowest BCUT2D eigenvalue weighted by molar-refractivity contribution is -0.121. The third-order valence-electron chi connectivity index (χ3n) is 3.65. The molecule has 0 aromatic heterocycles. The number of carbonyl (C=O) groups excluding carboxylic acids is 1. The van der Waals surface area contributed by atoms with E-state index < -0.39 is 38.5 Å². The van der Waals surface area contributed by atoms with Crippen LogP contribution in [0.15, 0.2) is 41.3 Å². The van der Waals surface area contributed by atoms with Crippen LogP contribution in [-0.2, 0) is 14.8 Å². The zero-order chi connectivity index (χ0) is 20.2. The third kappa shape index (κ3) is 5.87. The van der Waals surface area contributed by atoms with Crippen molar-refractivity contribution >= 4 is 39.1 Å². The van der Waals surface area contributed by atoms with Gasteiger partial charge in [0, 0.05) is 23.0 Å². The molecule has 0 fully saturated rings. The van der Waals surface area contributed by atoms with Crippen molar-refractivity contribution in [2.75, 3.05) is 6.54 Å². The Hall–Kier alpha value is -1.74. The van der Waals surface area contributed by atoms with E-state index in [9.17, 15) is 22.0 Å². The lowest BCUT2D eigenvalue weighted by Gasteiger charge is -2.16. The molecule has 1 atom stereocenters. The molecule has 1 unspecified atom stereocenters. The Morgan fingerprint density at radius 2 is 1.81 bits per heavy atom. The number of nitrogens with one attached hydrogen (secondary N) is 2. The molecule has 2 aromatic carbocycles. The second kappa shape index (κ2) is 8.97. The van der Waals surface area contributed by atoms with E-state index >= 15 is 0 Å². The molecule has 2 N–H and O–H groups in total. The lowest BCUT2D eigenvalue weighted by atomic mass is 10.1. The maximum atomic E-state index is 13.2. The molecule has 0 radical (unpaired) electrons. The minimum atomic E-state index is -4.06. The fourth-order valence-electron chi connectivity index (χ4n) is 2.27. The predicted molar refractivity (Wildman–Crippen MR) is 99.2 cm³/mol. The fraction of sp³-hybridized carbons (Fsp3) is 0.235. The summed E-state index contributed by atoms with van der Waals surface area (Å²) in [4.78, 5) is 11.6. The van der Waals surface area contributed by atoms with Gasteiger partial charge in [-0.05, 0) is 42.8 Å². The number of amides is 1. The maximum Gasteiger partial charge on any atom is 0.240 e. The molecule has 2 aromatic rings. The molecule has 0 aliphatic carbocycles. The minimum Gasteiger partial charge on any atom is -0.349 e. The van der Waals surface area contributed by atoms with Gasteiger partial charge in [-0.2, -0.15) is 0 Å². The molecule has 146 valence electrons. The molecule has 0 saturated heterocycles. The van der Waals surface area contributed by atoms with Gasteiger partial charge in [0.05, 0.1) is 10.9 Å². The van der Waals surface area contributed by atoms with E-state index in [1.54, 1.807) is 25.1 Å². The van der Waals surface area contributed by atoms with Gasteiger partial charge < -0.3 is 5.32 Å². The molecule has 0 aliphatic heterocycles. The molecule has 2 rings (SSSR count). The quantitative estimate of drug-likeness (QED) is 0.692. The summed E-state index contributed by atoms with van der Waals surface area (Å²) in [6.07, 6.45) is -0.154. The van der Waals surface area contributed by atoms with Gasteiger partial charge in [0.2, 0.25) is 15.9 Å². The van der Waals surface area contributed by atoms with Crippen LogP contribution in [0, 0.1) is 11.6 Å². The van der Waals surface area contributed by atoms with Crippen LogP contribution in [-0.4, -0.2) is 20.9 Å². The highest BCUT2D eigenvalue weighted by atomic mass is 35.5. The number of benzene rings is 2. The molecule has 0 saturated carbocycles. The van der Waals surface area contributed by atoms with Crippen LogP contribution in [0.5, 0.6) is 0 Å². The number of carbonyl (C=O) groups is 1. The Balaban J connectivity index is 1.90. The molecule has 10 heteroatoms. The van der Waals surface area contributed by atoms with Gasteiger partial charge in [0.15, 0.2) is 11.6 Å². The summed E-state index contributed by atoms with van der Waals surface area (Å²) in [5.74, 6) is -2.84. The summed E-state index contributed by atoms with van der Waals surface area (Å²) in [7, 11) is -4.06. The number of sulfonamides is 1. The van der Waals surface area contributed by atoms with Gasteiger partial charge in [-0.15, -0.1) is 0 Å². The molecule has 1 amide bonds. The summed E-state index contributed by atoms with van der Waals surface area (Å²) in [6, 6.07) is 6.69. The Kier molecular flexibility index (Phi) is 7.16. The smallest absolute Gasteiger partial charge is 0.240 e. The van der Waals surface area contributed by atoms with E-state index in [0.717, 1.165) is 6.07 Å². The predicted octanol–water partition coefficient (Wildman–Crippen LogP) is 3.82. The first-order valence-electron chi connectivity index (χ1n) is 7.79. The molecule has 27 heavy (non-hydrogen) atoms. The topological polar surface area (TPSA) is 75.3 Å². The first-order valence-corrected chi connectivity index (χ1v) is 10.0. The second-order valence-electron chi connectivity index (χ2n) is 5.68. The van der Waals surface area contributed by atoms with E-state index in [4.69, 9.17) is 23.2 Å². The zero-order valence-electron chi connectivity index (χ0n) is 14.1. The van der Waals surface area contributed by atoms with Crippen LogP contribution < -0.4 is 10.0 Å². The Morgan fingerprint density at radius 1 is 1.11 bits per heavy atom. The van der Waals surface area contributed by atoms with Crippen molar-refractivity contribution in [1.82, 2.24) is 10.0 Å². The van der Waals surface area contributed by atoms with Crippen molar-refractivity contribution in [3.63, 3.8) is 0 Å². The molecule has 0 spiro atoms. The number of hydrogen-bond acceptors (Lipinski definition) is 3. The summed E-state index contributed by atoms with van der Waals surface area (Å²) >= 11 is 11.9. The van der Waals surface area contributed by atoms with Crippen molar-refractivity contribution in [3.8, 4) is 0 Å². The highest BCUT2D eigenvalue weighted by molar-refractivity contribution is 7.89. The fourth-order valence-corrected chi connectivity index (χ4v) is 3.89. The van der Waals surface area contributed by atoms with Crippen LogP contribution in [0.25, 0.3) is 0 Å². The van der Waals surface area contributed by atoms with Crippen molar-refractivity contribution < 1.29 is 22.0 Å². The van der Waals surface area contributed by atoms with Crippen molar-refractivity contribution in [2.24, 2.45) is 0 Å². The monoisotopic (exact) mass is 436 g/mol. The van der Waals surface area contributed by atoms with Crippen LogP contribution in [0.4, 0.5) is 8.78 Å². The highest BCUT2D eigenvalue weighted by Gasteiger charge is 2.17. The molecule has 5 nitrogen and oxygen atoms in total. The lowest BCUT2D eigenvalue weighted by Crippen LogP contribution is -2.32. The van der Waals surface area contributed by atoms with Gasteiger partial charge in [0.25, 0.3) is 0 Å². The van der Waals surface area contributed by atoms with Crippen molar-refractivity contribution in [1.29, 1.82) is 0 Å². The van der Waals surface area contributed by atoms with E-state index in [-0.39, 0.29) is 13.0 Å². The largest absolute Gasteiger partial charge is 0.349 e. The zero-order valence-corrected chi connectivity index (χ0v) is 16.4. The Labute approximate surface area is 165 Å². The highest BCUT2D eigenvalue weighted by Crippen LogP contribution is 2.26. The average molecular weight is 437 g/mol. The summed E-state index contributed by atoms with van der Waals surface area (Å²) < 4.78 is 52.3. The maximum absolute atomic E-state index is 13.2. The first-order chi connectivity index (χ1) is 12.6. The standard InChI is InChI=1S/C17H16Cl2F2N2O3S/c1-10(13-4-2-11(18)8-14(13)19)23-17(24)6-7-22-27(25,26)12-3-5-15(20)16(21)9-12/h2-5,8-10,22H,6-7H2,1H3,(H,23,24). The number of rotatable bonds is 7. The van der Waals surface area contributed by atoms with E-state index in [0.29, 0.717) is 27.7 Å². The molecule has 0 heterocycles.